The molecule has 3 aromatic carbocycles. The predicted octanol–water partition coefficient (Wildman–Crippen LogP) is 4.92. The zero-order valence-electron chi connectivity index (χ0n) is 18.0. The maximum absolute atomic E-state index is 12.7. The first-order valence-electron chi connectivity index (χ1n) is 10.8. The van der Waals surface area contributed by atoms with Gasteiger partial charge >= 0.3 is 0 Å². The fourth-order valence-corrected chi connectivity index (χ4v) is 3.74. The lowest BCUT2D eigenvalue weighted by Crippen LogP contribution is -2.25. The molecule has 0 atom stereocenters. The SMILES string of the molecule is CCOCCCNC(=O)c1cccc(NC(=O)Cc2coc3ccc4ccccc4c23)c1. The number of carbonyl (C=O) groups is 2. The Labute approximate surface area is 186 Å². The maximum atomic E-state index is 12.7. The molecule has 1 aromatic heterocycles. The monoisotopic (exact) mass is 430 g/mol. The van der Waals surface area contributed by atoms with Gasteiger partial charge in [0.1, 0.15) is 5.58 Å². The van der Waals surface area contributed by atoms with Crippen LogP contribution in [0.25, 0.3) is 21.7 Å². The summed E-state index contributed by atoms with van der Waals surface area (Å²) >= 11 is 0. The highest BCUT2D eigenvalue weighted by Gasteiger charge is 2.14. The van der Waals surface area contributed by atoms with E-state index in [1.165, 1.54) is 0 Å². The van der Waals surface area contributed by atoms with Crippen LogP contribution in [0.2, 0.25) is 0 Å². The van der Waals surface area contributed by atoms with Crippen molar-refractivity contribution in [3.63, 3.8) is 0 Å². The molecule has 6 nitrogen and oxygen atoms in total. The highest BCUT2D eigenvalue weighted by atomic mass is 16.5. The van der Waals surface area contributed by atoms with Gasteiger partial charge in [-0.2, -0.15) is 0 Å². The molecular weight excluding hydrogens is 404 g/mol. The van der Waals surface area contributed by atoms with Crippen LogP contribution < -0.4 is 10.6 Å². The zero-order valence-corrected chi connectivity index (χ0v) is 18.0. The molecule has 0 bridgehead atoms. The van der Waals surface area contributed by atoms with E-state index in [0.717, 1.165) is 33.7 Å². The number of hydrogen-bond donors (Lipinski definition) is 2. The van der Waals surface area contributed by atoms with Crippen molar-refractivity contribution in [3.05, 3.63) is 78.1 Å². The molecule has 32 heavy (non-hydrogen) atoms. The standard InChI is InChI=1S/C26H26N2O4/c1-2-31-14-6-13-27-26(30)19-8-5-9-21(15-19)28-24(29)16-20-17-32-23-12-11-18-7-3-4-10-22(18)25(20)23/h3-5,7-12,15,17H,2,6,13-14,16H2,1H3,(H,27,30)(H,28,29). The fourth-order valence-electron chi connectivity index (χ4n) is 3.74. The molecule has 4 aromatic rings. The summed E-state index contributed by atoms with van der Waals surface area (Å²) in [6.07, 6.45) is 2.57. The number of fused-ring (bicyclic) bond motifs is 3. The largest absolute Gasteiger partial charge is 0.464 e. The van der Waals surface area contributed by atoms with Crippen LogP contribution in [0, 0.1) is 0 Å². The van der Waals surface area contributed by atoms with Crippen LogP contribution in [0.4, 0.5) is 5.69 Å². The molecule has 6 heteroatoms. The Morgan fingerprint density at radius 1 is 1.03 bits per heavy atom. The third-order valence-corrected chi connectivity index (χ3v) is 5.25. The Bertz CT molecular complexity index is 1250. The molecule has 1 heterocycles. The Hall–Kier alpha value is -3.64. The van der Waals surface area contributed by atoms with Crippen LogP contribution in [0.5, 0.6) is 0 Å². The molecule has 0 aliphatic carbocycles. The molecule has 0 spiro atoms. The van der Waals surface area contributed by atoms with Gasteiger partial charge < -0.3 is 19.8 Å². The number of amides is 2. The molecule has 0 unspecified atom stereocenters. The molecule has 0 radical (unpaired) electrons. The van der Waals surface area contributed by atoms with Crippen molar-refractivity contribution in [2.75, 3.05) is 25.1 Å². The Kier molecular flexibility index (Phi) is 6.82. The van der Waals surface area contributed by atoms with Crippen molar-refractivity contribution in [2.24, 2.45) is 0 Å². The lowest BCUT2D eigenvalue weighted by Gasteiger charge is -2.09. The van der Waals surface area contributed by atoms with Gasteiger partial charge in [-0.3, -0.25) is 9.59 Å². The molecule has 0 saturated carbocycles. The van der Waals surface area contributed by atoms with Gasteiger partial charge in [0.15, 0.2) is 0 Å². The molecule has 0 aliphatic heterocycles. The number of anilines is 1. The normalized spacial score (nSPS) is 11.0. The average Bonchev–Trinajstić information content (AvgIpc) is 3.22. The number of hydrogen-bond acceptors (Lipinski definition) is 4. The van der Waals surface area contributed by atoms with Crippen molar-refractivity contribution in [1.29, 1.82) is 0 Å². The van der Waals surface area contributed by atoms with E-state index in [0.29, 0.717) is 31.0 Å². The number of rotatable bonds is 9. The Morgan fingerprint density at radius 3 is 2.78 bits per heavy atom. The van der Waals surface area contributed by atoms with Crippen LogP contribution >= 0.6 is 0 Å². The molecule has 164 valence electrons. The van der Waals surface area contributed by atoms with Gasteiger partial charge in [-0.25, -0.2) is 0 Å². The number of benzene rings is 3. The summed E-state index contributed by atoms with van der Waals surface area (Å²) in [6.45, 7) is 3.76. The van der Waals surface area contributed by atoms with E-state index in [1.54, 1.807) is 30.5 Å². The van der Waals surface area contributed by atoms with Crippen LogP contribution in [0.3, 0.4) is 0 Å². The second-order valence-electron chi connectivity index (χ2n) is 7.53. The number of nitrogens with one attached hydrogen (secondary N) is 2. The number of ether oxygens (including phenoxy) is 1. The van der Waals surface area contributed by atoms with Crippen molar-refractivity contribution >= 4 is 39.2 Å². The first-order chi connectivity index (χ1) is 15.7. The van der Waals surface area contributed by atoms with Crippen LogP contribution in [-0.2, 0) is 16.0 Å². The summed E-state index contributed by atoms with van der Waals surface area (Å²) in [5.41, 5.74) is 2.67. The van der Waals surface area contributed by atoms with Gasteiger partial charge in [0.25, 0.3) is 5.91 Å². The third-order valence-electron chi connectivity index (χ3n) is 5.25. The zero-order chi connectivity index (χ0) is 22.3. The highest BCUT2D eigenvalue weighted by molar-refractivity contribution is 6.09. The van der Waals surface area contributed by atoms with E-state index in [4.69, 9.17) is 9.15 Å². The topological polar surface area (TPSA) is 80.6 Å². The van der Waals surface area contributed by atoms with Crippen molar-refractivity contribution < 1.29 is 18.7 Å². The fraction of sp³-hybridized carbons (Fsp3) is 0.231. The summed E-state index contributed by atoms with van der Waals surface area (Å²) in [5.74, 6) is -0.347. The Morgan fingerprint density at radius 2 is 1.91 bits per heavy atom. The van der Waals surface area contributed by atoms with Gasteiger partial charge in [-0.1, -0.05) is 36.4 Å². The van der Waals surface area contributed by atoms with Crippen LogP contribution in [-0.4, -0.2) is 31.6 Å². The molecule has 4 rings (SSSR count). The minimum Gasteiger partial charge on any atom is -0.464 e. The van der Waals surface area contributed by atoms with Crippen molar-refractivity contribution in [3.8, 4) is 0 Å². The summed E-state index contributed by atoms with van der Waals surface area (Å²) in [7, 11) is 0. The van der Waals surface area contributed by atoms with Crippen molar-refractivity contribution in [1.82, 2.24) is 5.32 Å². The van der Waals surface area contributed by atoms with Crippen LogP contribution in [0.1, 0.15) is 29.3 Å². The van der Waals surface area contributed by atoms with Gasteiger partial charge in [0, 0.05) is 42.0 Å². The first-order valence-corrected chi connectivity index (χ1v) is 10.8. The van der Waals surface area contributed by atoms with Gasteiger partial charge in [0.05, 0.1) is 12.7 Å². The molecule has 2 N–H and O–H groups in total. The predicted molar refractivity (Wildman–Crippen MR) is 126 cm³/mol. The summed E-state index contributed by atoms with van der Waals surface area (Å²) in [5, 5.41) is 8.88. The second kappa shape index (κ2) is 10.1. The van der Waals surface area contributed by atoms with E-state index in [9.17, 15) is 9.59 Å². The van der Waals surface area contributed by atoms with E-state index in [1.807, 2.05) is 43.3 Å². The lowest BCUT2D eigenvalue weighted by atomic mass is 10.0. The van der Waals surface area contributed by atoms with E-state index < -0.39 is 0 Å². The molecule has 0 fully saturated rings. The minimum absolute atomic E-state index is 0.171. The molecular formula is C26H26N2O4. The number of carbonyl (C=O) groups excluding carboxylic acids is 2. The smallest absolute Gasteiger partial charge is 0.251 e. The Balaban J connectivity index is 1.42. The van der Waals surface area contributed by atoms with Gasteiger partial charge in [-0.05, 0) is 48.4 Å². The van der Waals surface area contributed by atoms with Crippen molar-refractivity contribution in [2.45, 2.75) is 19.8 Å². The summed E-state index contributed by atoms with van der Waals surface area (Å²) < 4.78 is 11.0. The molecule has 2 amide bonds. The number of furan rings is 1. The highest BCUT2D eigenvalue weighted by Crippen LogP contribution is 2.30. The first kappa shape index (κ1) is 21.6. The quantitative estimate of drug-likeness (QED) is 0.369. The van der Waals surface area contributed by atoms with Crippen LogP contribution in [0.15, 0.2) is 71.3 Å². The molecule has 0 saturated heterocycles. The van der Waals surface area contributed by atoms with Gasteiger partial charge in [-0.15, -0.1) is 0 Å². The molecule has 0 aliphatic rings. The lowest BCUT2D eigenvalue weighted by molar-refractivity contribution is -0.115. The van der Waals surface area contributed by atoms with E-state index >= 15 is 0 Å². The van der Waals surface area contributed by atoms with E-state index in [2.05, 4.69) is 10.6 Å². The van der Waals surface area contributed by atoms with Gasteiger partial charge in [0.2, 0.25) is 5.91 Å². The summed E-state index contributed by atoms with van der Waals surface area (Å²) in [4.78, 5) is 25.1. The summed E-state index contributed by atoms with van der Waals surface area (Å²) in [6, 6.07) is 18.9. The average molecular weight is 431 g/mol. The van der Waals surface area contributed by atoms with E-state index in [-0.39, 0.29) is 18.2 Å². The third kappa shape index (κ3) is 4.98. The second-order valence-corrected chi connectivity index (χ2v) is 7.53. The maximum Gasteiger partial charge on any atom is 0.251 e. The minimum atomic E-state index is -0.176.